The molecular formula is C40H69N4O4Pt-. The summed E-state index contributed by atoms with van der Waals surface area (Å²) in [6, 6.07) is 0.0249. The number of carbonyl (C=O) groups excluding carboxylic acids is 2. The predicted octanol–water partition coefficient (Wildman–Crippen LogP) is 9.26. The molecule has 49 heavy (non-hydrogen) atoms. The van der Waals surface area contributed by atoms with Crippen molar-refractivity contribution in [2.75, 3.05) is 6.54 Å². The van der Waals surface area contributed by atoms with E-state index in [0.717, 1.165) is 67.6 Å². The van der Waals surface area contributed by atoms with Gasteiger partial charge in [-0.2, -0.15) is 12.1 Å². The quantitative estimate of drug-likeness (QED) is 0.133. The number of amides is 2. The Balaban J connectivity index is 0.000000634. The molecule has 5 aliphatic carbocycles. The third-order valence-electron chi connectivity index (χ3n) is 13.7. The van der Waals surface area contributed by atoms with Crippen LogP contribution < -0.4 is 10.6 Å². The minimum atomic E-state index is -0.949. The zero-order chi connectivity index (χ0) is 35.1. The van der Waals surface area contributed by atoms with Crippen molar-refractivity contribution in [1.82, 2.24) is 10.6 Å². The number of allylic oxidation sites excluding steroid dienone is 1. The van der Waals surface area contributed by atoms with Crippen LogP contribution in [0.2, 0.25) is 0 Å². The number of hydrogen-bond donors (Lipinski definition) is 3. The van der Waals surface area contributed by atoms with Gasteiger partial charge in [0.05, 0.1) is 12.8 Å². The number of nitrogens with one attached hydrogen (secondary N) is 4. The molecule has 0 aromatic carbocycles. The second-order valence-corrected chi connectivity index (χ2v) is 17.3. The van der Waals surface area contributed by atoms with Gasteiger partial charge in [0.1, 0.15) is 0 Å². The van der Waals surface area contributed by atoms with Gasteiger partial charge in [-0.05, 0) is 97.7 Å². The Bertz CT molecular complexity index is 1120. The minimum Gasteiger partial charge on any atom is -0.676 e. The van der Waals surface area contributed by atoms with Crippen LogP contribution in [0.25, 0.3) is 11.5 Å². The van der Waals surface area contributed by atoms with E-state index in [0.29, 0.717) is 12.0 Å². The van der Waals surface area contributed by atoms with Crippen LogP contribution in [-0.4, -0.2) is 52.4 Å². The first-order valence-electron chi connectivity index (χ1n) is 19.7. The van der Waals surface area contributed by atoms with Crippen LogP contribution >= 0.6 is 0 Å². The second-order valence-electron chi connectivity index (χ2n) is 17.3. The van der Waals surface area contributed by atoms with Gasteiger partial charge in [0, 0.05) is 40.1 Å². The molecule has 4 saturated carbocycles. The Morgan fingerprint density at radius 3 is 2.27 bits per heavy atom. The SMILES string of the molecule is CC(C)CCC[C@@H](C)[C@H]1CCC2C3CC=C4C[C@@H](NC(=O)CCNC(=[OH+])CCC(=O)O)CC[C@]4(C)C3CC[C@@]21C.[NH-][C@@H]1CCCC[C@H]1[NH-].[Pt]. The Morgan fingerprint density at radius 1 is 0.939 bits per heavy atom. The van der Waals surface area contributed by atoms with Crippen molar-refractivity contribution in [1.29, 1.82) is 0 Å². The molecule has 3 unspecified atom stereocenters. The van der Waals surface area contributed by atoms with Crippen molar-refractivity contribution in [3.63, 3.8) is 0 Å². The normalized spacial score (nSPS) is 35.6. The summed E-state index contributed by atoms with van der Waals surface area (Å²) in [5.41, 5.74) is 17.0. The van der Waals surface area contributed by atoms with Gasteiger partial charge < -0.3 is 27.2 Å². The molecule has 0 spiro atoms. The molecule has 0 bridgehead atoms. The molecule has 0 aliphatic heterocycles. The van der Waals surface area contributed by atoms with Crippen molar-refractivity contribution >= 4 is 17.8 Å². The Hall–Kier alpha value is -1.24. The summed E-state index contributed by atoms with van der Waals surface area (Å²) in [7, 11) is 0. The Kier molecular flexibility index (Phi) is 16.4. The second kappa shape index (κ2) is 19.0. The van der Waals surface area contributed by atoms with Crippen molar-refractivity contribution in [2.24, 2.45) is 46.3 Å². The predicted molar refractivity (Wildman–Crippen MR) is 196 cm³/mol. The van der Waals surface area contributed by atoms with Crippen LogP contribution in [0.3, 0.4) is 0 Å². The molecule has 6 N–H and O–H groups in total. The third kappa shape index (κ3) is 10.9. The van der Waals surface area contributed by atoms with E-state index in [2.05, 4.69) is 51.3 Å². The summed E-state index contributed by atoms with van der Waals surface area (Å²) in [6.07, 6.45) is 21.2. The van der Waals surface area contributed by atoms with Crippen LogP contribution in [0, 0.1) is 46.3 Å². The van der Waals surface area contributed by atoms with Gasteiger partial charge in [-0.1, -0.05) is 91.2 Å². The fraction of sp³-hybridized carbons (Fsp3) is 0.875. The first kappa shape index (κ1) is 42.2. The smallest absolute Gasteiger partial charge is 0.390 e. The molecule has 8 nitrogen and oxygen atoms in total. The van der Waals surface area contributed by atoms with Gasteiger partial charge >= 0.3 is 11.9 Å². The molecule has 5 aliphatic rings. The summed E-state index contributed by atoms with van der Waals surface area (Å²) >= 11 is 0. The van der Waals surface area contributed by atoms with Crippen LogP contribution in [0.1, 0.15) is 150 Å². The maximum Gasteiger partial charge on any atom is 0.390 e. The standard InChI is InChI=1S/C34H56N2O4.C6H12N2.Pt/c1-22(2)7-6-8-23(3)27-11-12-28-26-10-9-24-21-25(15-18-33(24,4)29(26)16-19-34(27,28)5)36-31(38)17-20-35-30(37)13-14-32(39)40;7-5-3-1-2-4-6(5)8;/h9,22-23,25-29H,6-8,10-21H2,1-5H3,(H,35,37)(H,36,38)(H,39,40);5-8H,1-4H2;/q;-2;/p+1/t23-,25+,26?,27-,28?,29?,33+,34-;5-,6-;/m11./s1. The number of carboxylic acid groups (broad SMARTS) is 1. The molecule has 2 amide bonds. The van der Waals surface area contributed by atoms with E-state index in [4.69, 9.17) is 16.6 Å². The summed E-state index contributed by atoms with van der Waals surface area (Å²) in [6.45, 7) is 12.8. The average molecular weight is 865 g/mol. The molecule has 4 fully saturated rings. The number of carboxylic acids is 1. The van der Waals surface area contributed by atoms with Crippen LogP contribution in [0.15, 0.2) is 11.6 Å². The third-order valence-corrected chi connectivity index (χ3v) is 13.7. The first-order valence-corrected chi connectivity index (χ1v) is 19.7. The maximum atomic E-state index is 12.6. The van der Waals surface area contributed by atoms with E-state index >= 15 is 0 Å². The fourth-order valence-corrected chi connectivity index (χ4v) is 10.9. The Labute approximate surface area is 312 Å². The largest absolute Gasteiger partial charge is 0.676 e. The van der Waals surface area contributed by atoms with Gasteiger partial charge in [-0.15, -0.1) is 0 Å². The zero-order valence-corrected chi connectivity index (χ0v) is 33.5. The summed E-state index contributed by atoms with van der Waals surface area (Å²) in [5.74, 6) is 4.00. The topological polar surface area (TPSA) is 147 Å². The molecule has 5 rings (SSSR count). The van der Waals surface area contributed by atoms with E-state index < -0.39 is 5.97 Å². The summed E-state index contributed by atoms with van der Waals surface area (Å²) in [4.78, 5) is 33.0. The molecular weight excluding hydrogens is 796 g/mol. The molecule has 10 atom stereocenters. The maximum absolute atomic E-state index is 12.6. The van der Waals surface area contributed by atoms with Crippen LogP contribution in [0.4, 0.5) is 0 Å². The zero-order valence-electron chi connectivity index (χ0n) is 31.2. The number of aliphatic carboxylic acids is 1. The number of carbonyl (C=O) groups is 2. The molecule has 0 aromatic rings. The van der Waals surface area contributed by atoms with Gasteiger partial charge in [0.25, 0.3) is 0 Å². The van der Waals surface area contributed by atoms with E-state index in [1.807, 2.05) is 0 Å². The molecule has 0 saturated heterocycles. The Morgan fingerprint density at radius 2 is 1.63 bits per heavy atom. The molecule has 9 heteroatoms. The molecule has 0 heterocycles. The van der Waals surface area contributed by atoms with Crippen molar-refractivity contribution in [3.05, 3.63) is 23.1 Å². The number of fused-ring (bicyclic) bond motifs is 5. The molecule has 0 radical (unpaired) electrons. The minimum absolute atomic E-state index is 0. The van der Waals surface area contributed by atoms with Crippen molar-refractivity contribution < 1.29 is 40.6 Å². The van der Waals surface area contributed by atoms with Crippen LogP contribution in [-0.2, 0) is 30.7 Å². The van der Waals surface area contributed by atoms with Gasteiger partial charge in [0.2, 0.25) is 5.91 Å². The number of rotatable bonds is 12. The van der Waals surface area contributed by atoms with Gasteiger partial charge in [0.15, 0.2) is 0 Å². The van der Waals surface area contributed by atoms with Crippen molar-refractivity contribution in [2.45, 2.75) is 168 Å². The van der Waals surface area contributed by atoms with Crippen molar-refractivity contribution in [3.8, 4) is 0 Å². The summed E-state index contributed by atoms with van der Waals surface area (Å²) < 4.78 is 0. The summed E-state index contributed by atoms with van der Waals surface area (Å²) in [5, 5.41) is 14.7. The fourth-order valence-electron chi connectivity index (χ4n) is 10.9. The molecule has 0 aromatic heterocycles. The first-order chi connectivity index (χ1) is 22.7. The average Bonchev–Trinajstić information content (AvgIpc) is 3.39. The van der Waals surface area contributed by atoms with E-state index in [9.17, 15) is 14.4 Å². The number of hydrogen-bond acceptors (Lipinski definition) is 2. The van der Waals surface area contributed by atoms with Gasteiger partial charge in [-0.3, -0.25) is 14.4 Å². The van der Waals surface area contributed by atoms with Gasteiger partial charge in [-0.25, -0.2) is 0 Å². The monoisotopic (exact) mass is 864 g/mol. The van der Waals surface area contributed by atoms with E-state index in [1.165, 1.54) is 64.2 Å². The van der Waals surface area contributed by atoms with E-state index in [-0.39, 0.29) is 75.7 Å². The van der Waals surface area contributed by atoms with Crippen LogP contribution in [0.5, 0.6) is 0 Å². The van der Waals surface area contributed by atoms with E-state index in [1.54, 1.807) is 5.57 Å². The molecule has 284 valence electrons.